The predicted molar refractivity (Wildman–Crippen MR) is 75.9 cm³/mol. The molecule has 0 fully saturated rings. The van der Waals surface area contributed by atoms with Crippen LogP contribution in [-0.4, -0.2) is 25.7 Å². The number of nitriles is 2. The molecule has 0 aliphatic carbocycles. The van der Waals surface area contributed by atoms with E-state index in [-0.39, 0.29) is 6.42 Å². The molecule has 0 aliphatic heterocycles. The second-order valence-electron chi connectivity index (χ2n) is 4.05. The number of rotatable bonds is 6. The Morgan fingerprint density at radius 1 is 1.35 bits per heavy atom. The molecule has 0 saturated carbocycles. The maximum absolute atomic E-state index is 11.0. The van der Waals surface area contributed by atoms with E-state index in [0.29, 0.717) is 13.0 Å². The van der Waals surface area contributed by atoms with E-state index >= 15 is 0 Å². The molecule has 0 heterocycles. The van der Waals surface area contributed by atoms with Crippen LogP contribution in [0.25, 0.3) is 0 Å². The summed E-state index contributed by atoms with van der Waals surface area (Å²) >= 11 is 0. The van der Waals surface area contributed by atoms with E-state index in [1.807, 2.05) is 36.2 Å². The number of benzene rings is 1. The summed E-state index contributed by atoms with van der Waals surface area (Å²) in [7, 11) is 1.92. The highest BCUT2D eigenvalue weighted by molar-refractivity contribution is 5.83. The summed E-state index contributed by atoms with van der Waals surface area (Å²) in [6, 6.07) is 11.4. The zero-order valence-corrected chi connectivity index (χ0v) is 11.2. The number of carbonyl (C=O) groups is 1. The molecular weight excluding hydrogens is 254 g/mol. The number of hydrazone groups is 1. The van der Waals surface area contributed by atoms with Gasteiger partial charge in [0.2, 0.25) is 0 Å². The largest absolute Gasteiger partial charge is 0.374 e. The number of hydrogen-bond acceptors (Lipinski definition) is 5. The molecule has 0 aliphatic rings. The lowest BCUT2D eigenvalue weighted by Gasteiger charge is -2.17. The topological polar surface area (TPSA) is 92.3 Å². The van der Waals surface area contributed by atoms with Gasteiger partial charge < -0.3 is 4.90 Å². The average molecular weight is 269 g/mol. The van der Waals surface area contributed by atoms with Crippen molar-refractivity contribution in [2.24, 2.45) is 5.10 Å². The van der Waals surface area contributed by atoms with Crippen molar-refractivity contribution in [2.75, 3.05) is 18.5 Å². The molecule has 1 N–H and O–H groups in total. The van der Waals surface area contributed by atoms with Gasteiger partial charge in [-0.2, -0.15) is 15.6 Å². The number of amides is 1. The monoisotopic (exact) mass is 269 g/mol. The van der Waals surface area contributed by atoms with Crippen molar-refractivity contribution in [1.29, 1.82) is 10.5 Å². The summed E-state index contributed by atoms with van der Waals surface area (Å²) in [4.78, 5) is 13.0. The van der Waals surface area contributed by atoms with Crippen molar-refractivity contribution in [3.8, 4) is 12.1 Å². The van der Waals surface area contributed by atoms with Crippen LogP contribution in [0.2, 0.25) is 0 Å². The summed E-state index contributed by atoms with van der Waals surface area (Å²) in [5.41, 5.74) is 4.10. The highest BCUT2D eigenvalue weighted by Crippen LogP contribution is 2.13. The van der Waals surface area contributed by atoms with Gasteiger partial charge in [-0.25, -0.2) is 5.43 Å². The van der Waals surface area contributed by atoms with Crippen LogP contribution in [0.1, 0.15) is 18.4 Å². The molecule has 0 radical (unpaired) electrons. The van der Waals surface area contributed by atoms with E-state index in [1.54, 1.807) is 6.07 Å². The third-order valence-corrected chi connectivity index (χ3v) is 2.54. The molecule has 20 heavy (non-hydrogen) atoms. The minimum Gasteiger partial charge on any atom is -0.374 e. The van der Waals surface area contributed by atoms with Gasteiger partial charge >= 0.3 is 0 Å². The quantitative estimate of drug-likeness (QED) is 0.624. The van der Waals surface area contributed by atoms with Crippen molar-refractivity contribution in [2.45, 2.75) is 12.8 Å². The molecule has 1 amide bonds. The van der Waals surface area contributed by atoms with E-state index in [2.05, 4.69) is 16.6 Å². The van der Waals surface area contributed by atoms with Gasteiger partial charge in [-0.15, -0.1) is 0 Å². The Hall–Kier alpha value is -2.86. The van der Waals surface area contributed by atoms with Gasteiger partial charge in [-0.05, 0) is 17.7 Å². The Morgan fingerprint density at radius 2 is 2.05 bits per heavy atom. The molecule has 0 saturated heterocycles. The fourth-order valence-electron chi connectivity index (χ4n) is 1.45. The first-order chi connectivity index (χ1) is 9.67. The molecule has 0 spiro atoms. The fourth-order valence-corrected chi connectivity index (χ4v) is 1.45. The van der Waals surface area contributed by atoms with E-state index in [0.717, 1.165) is 11.3 Å². The first kappa shape index (κ1) is 15.2. The molecule has 0 unspecified atom stereocenters. The number of nitrogens with one attached hydrogen (secondary N) is 1. The van der Waals surface area contributed by atoms with E-state index in [1.165, 1.54) is 6.21 Å². The maximum Gasteiger partial charge on any atom is 0.254 e. The van der Waals surface area contributed by atoms with Crippen molar-refractivity contribution in [3.63, 3.8) is 0 Å². The minimum atomic E-state index is -0.434. The molecule has 1 aromatic rings. The Kier molecular flexibility index (Phi) is 6.29. The van der Waals surface area contributed by atoms with Crippen molar-refractivity contribution in [1.82, 2.24) is 5.43 Å². The van der Waals surface area contributed by atoms with E-state index in [4.69, 9.17) is 10.5 Å². The van der Waals surface area contributed by atoms with Crippen LogP contribution in [0.3, 0.4) is 0 Å². The normalized spacial score (nSPS) is 9.75. The summed E-state index contributed by atoms with van der Waals surface area (Å²) in [5.74, 6) is -0.434. The van der Waals surface area contributed by atoms with Crippen LogP contribution < -0.4 is 10.3 Å². The first-order valence-corrected chi connectivity index (χ1v) is 6.04. The van der Waals surface area contributed by atoms with Gasteiger partial charge in [-0.3, -0.25) is 4.79 Å². The lowest BCUT2D eigenvalue weighted by molar-refractivity contribution is -0.120. The third kappa shape index (κ3) is 5.19. The summed E-state index contributed by atoms with van der Waals surface area (Å²) in [6.45, 7) is 0.675. The van der Waals surface area contributed by atoms with Gasteiger partial charge in [0.1, 0.15) is 6.42 Å². The summed E-state index contributed by atoms with van der Waals surface area (Å²) < 4.78 is 0. The van der Waals surface area contributed by atoms with Crippen molar-refractivity contribution >= 4 is 17.8 Å². The Bertz CT molecular complexity index is 550. The van der Waals surface area contributed by atoms with Crippen LogP contribution >= 0.6 is 0 Å². The Morgan fingerprint density at radius 3 is 2.65 bits per heavy atom. The molecule has 0 atom stereocenters. The lowest BCUT2D eigenvalue weighted by Crippen LogP contribution is -2.18. The fraction of sp³-hybridized carbons (Fsp3) is 0.286. The van der Waals surface area contributed by atoms with Crippen LogP contribution in [0, 0.1) is 22.7 Å². The highest BCUT2D eigenvalue weighted by Gasteiger charge is 2.00. The zero-order chi connectivity index (χ0) is 14.8. The Labute approximate surface area is 117 Å². The van der Waals surface area contributed by atoms with Gasteiger partial charge in [-0.1, -0.05) is 12.1 Å². The zero-order valence-electron chi connectivity index (χ0n) is 11.2. The van der Waals surface area contributed by atoms with Crippen LogP contribution in [0.5, 0.6) is 0 Å². The number of nitrogens with zero attached hydrogens (tertiary/aromatic N) is 4. The van der Waals surface area contributed by atoms with Gasteiger partial charge in [0.25, 0.3) is 5.91 Å². The molecule has 1 rings (SSSR count). The molecular formula is C14H15N5O. The average Bonchev–Trinajstić information content (AvgIpc) is 2.46. The highest BCUT2D eigenvalue weighted by atomic mass is 16.2. The molecule has 0 bridgehead atoms. The molecule has 102 valence electrons. The second kappa shape index (κ2) is 8.28. The van der Waals surface area contributed by atoms with Gasteiger partial charge in [0, 0.05) is 19.3 Å². The van der Waals surface area contributed by atoms with Gasteiger partial charge in [0.05, 0.1) is 24.8 Å². The van der Waals surface area contributed by atoms with Crippen LogP contribution in [-0.2, 0) is 4.79 Å². The molecule has 6 heteroatoms. The Balaban J connectivity index is 2.54. The number of anilines is 1. The summed E-state index contributed by atoms with van der Waals surface area (Å²) in [6.07, 6.45) is 1.78. The second-order valence-corrected chi connectivity index (χ2v) is 4.05. The van der Waals surface area contributed by atoms with Crippen molar-refractivity contribution < 1.29 is 4.79 Å². The predicted octanol–water partition coefficient (Wildman–Crippen LogP) is 1.40. The standard InChI is InChI=1S/C14H15N5O/c1-19(10-2-8-15)13-5-3-12(4-6-13)11-17-18-14(20)7-9-16/h3-6,11H,2,7,10H2,1H3,(H,18,20)/b17-11+. The molecule has 1 aromatic carbocycles. The van der Waals surface area contributed by atoms with E-state index < -0.39 is 5.91 Å². The maximum atomic E-state index is 11.0. The number of hydrogen-bond donors (Lipinski definition) is 1. The summed E-state index contributed by atoms with van der Waals surface area (Å²) in [5, 5.41) is 20.6. The smallest absolute Gasteiger partial charge is 0.254 e. The molecule has 6 nitrogen and oxygen atoms in total. The van der Waals surface area contributed by atoms with Crippen LogP contribution in [0.4, 0.5) is 5.69 Å². The SMILES string of the molecule is CN(CCC#N)c1ccc(/C=N/NC(=O)CC#N)cc1. The number of carbonyl (C=O) groups excluding carboxylic acids is 1. The lowest BCUT2D eigenvalue weighted by atomic mass is 10.2. The first-order valence-electron chi connectivity index (χ1n) is 6.04. The van der Waals surface area contributed by atoms with Crippen molar-refractivity contribution in [3.05, 3.63) is 29.8 Å². The third-order valence-electron chi connectivity index (χ3n) is 2.54. The molecule has 0 aromatic heterocycles. The minimum absolute atomic E-state index is 0.208. The van der Waals surface area contributed by atoms with Gasteiger partial charge in [0.15, 0.2) is 0 Å². The van der Waals surface area contributed by atoms with E-state index in [9.17, 15) is 4.79 Å². The van der Waals surface area contributed by atoms with Crippen LogP contribution in [0.15, 0.2) is 29.4 Å².